The highest BCUT2D eigenvalue weighted by Gasteiger charge is 2.04. The van der Waals surface area contributed by atoms with Crippen molar-refractivity contribution < 1.29 is 8.81 Å². The number of hydrogen-bond donors (Lipinski definition) is 1. The van der Waals surface area contributed by atoms with Gasteiger partial charge in [0.2, 0.25) is 0 Å². The van der Waals surface area contributed by atoms with Crippen molar-refractivity contribution >= 4 is 16.7 Å². The van der Waals surface area contributed by atoms with Crippen LogP contribution in [0.25, 0.3) is 11.0 Å². The zero-order valence-electron chi connectivity index (χ0n) is 7.29. The summed E-state index contributed by atoms with van der Waals surface area (Å²) in [6.45, 7) is -0.792. The molecule has 1 aromatic carbocycles. The van der Waals surface area contributed by atoms with Gasteiger partial charge in [-0.3, -0.25) is 4.79 Å². The number of anilines is 1. The van der Waals surface area contributed by atoms with E-state index in [1.807, 2.05) is 0 Å². The Morgan fingerprint density at radius 3 is 2.86 bits per heavy atom. The van der Waals surface area contributed by atoms with Gasteiger partial charge in [0, 0.05) is 17.8 Å². The van der Waals surface area contributed by atoms with Crippen LogP contribution in [0, 0.1) is 0 Å². The Balaban J connectivity index is 2.84. The molecule has 2 rings (SSSR count). The third-order valence-electron chi connectivity index (χ3n) is 1.94. The van der Waals surface area contributed by atoms with Crippen LogP contribution in [0.5, 0.6) is 0 Å². The predicted octanol–water partition coefficient (Wildman–Crippen LogP) is 1.84. The molecule has 4 heteroatoms. The Bertz CT molecular complexity index is 533. The summed E-state index contributed by atoms with van der Waals surface area (Å²) in [6, 6.07) is 5.83. The van der Waals surface area contributed by atoms with Gasteiger partial charge in [-0.05, 0) is 12.1 Å². The summed E-state index contributed by atoms with van der Waals surface area (Å²) in [6.07, 6.45) is 0. The molecule has 1 aromatic heterocycles. The number of alkyl halides is 1. The van der Waals surface area contributed by atoms with Gasteiger partial charge in [0.1, 0.15) is 18.0 Å². The molecule has 72 valence electrons. The van der Waals surface area contributed by atoms with Crippen LogP contribution in [-0.2, 0) is 6.67 Å². The summed E-state index contributed by atoms with van der Waals surface area (Å²) >= 11 is 0. The molecule has 0 radical (unpaired) electrons. The Morgan fingerprint density at radius 2 is 2.14 bits per heavy atom. The number of nitrogen functional groups attached to an aromatic ring is 1. The van der Waals surface area contributed by atoms with Crippen molar-refractivity contribution in [2.45, 2.75) is 6.67 Å². The molecular weight excluding hydrogens is 185 g/mol. The van der Waals surface area contributed by atoms with Gasteiger partial charge in [-0.25, -0.2) is 4.39 Å². The van der Waals surface area contributed by atoms with E-state index in [0.29, 0.717) is 16.7 Å². The summed E-state index contributed by atoms with van der Waals surface area (Å²) < 4.78 is 17.4. The van der Waals surface area contributed by atoms with Crippen LogP contribution in [0.1, 0.15) is 5.76 Å². The Labute approximate surface area is 78.9 Å². The Kier molecular flexibility index (Phi) is 1.96. The molecule has 0 atom stereocenters. The molecule has 0 bridgehead atoms. The monoisotopic (exact) mass is 193 g/mol. The van der Waals surface area contributed by atoms with E-state index in [9.17, 15) is 9.18 Å². The fraction of sp³-hybridized carbons (Fsp3) is 0.100. The highest BCUT2D eigenvalue weighted by molar-refractivity contribution is 5.79. The highest BCUT2D eigenvalue weighted by atomic mass is 19.1. The molecule has 1 heterocycles. The minimum Gasteiger partial charge on any atom is -0.458 e. The third-order valence-corrected chi connectivity index (χ3v) is 1.94. The topological polar surface area (TPSA) is 56.2 Å². The van der Waals surface area contributed by atoms with Crippen LogP contribution < -0.4 is 11.2 Å². The van der Waals surface area contributed by atoms with E-state index in [1.54, 1.807) is 12.1 Å². The van der Waals surface area contributed by atoms with Gasteiger partial charge in [-0.15, -0.1) is 0 Å². The third kappa shape index (κ3) is 1.35. The van der Waals surface area contributed by atoms with Gasteiger partial charge in [0.05, 0.1) is 5.39 Å². The smallest absolute Gasteiger partial charge is 0.193 e. The summed E-state index contributed by atoms with van der Waals surface area (Å²) in [7, 11) is 0. The lowest BCUT2D eigenvalue weighted by molar-refractivity contribution is 0.401. The predicted molar refractivity (Wildman–Crippen MR) is 51.7 cm³/mol. The summed E-state index contributed by atoms with van der Waals surface area (Å²) in [5, 5.41) is 0.413. The Hall–Kier alpha value is -1.84. The average Bonchev–Trinajstić information content (AvgIpc) is 2.16. The summed E-state index contributed by atoms with van der Waals surface area (Å²) in [4.78, 5) is 11.4. The highest BCUT2D eigenvalue weighted by Crippen LogP contribution is 2.15. The molecule has 0 saturated carbocycles. The molecule has 2 aromatic rings. The molecule has 0 aliphatic carbocycles. The summed E-state index contributed by atoms with van der Waals surface area (Å²) in [5.41, 5.74) is 6.07. The molecule has 14 heavy (non-hydrogen) atoms. The molecule has 0 saturated heterocycles. The molecule has 0 aliphatic heterocycles. The van der Waals surface area contributed by atoms with Crippen molar-refractivity contribution in [2.24, 2.45) is 0 Å². The summed E-state index contributed by atoms with van der Waals surface area (Å²) in [5.74, 6) is 0.0214. The lowest BCUT2D eigenvalue weighted by atomic mass is 10.2. The number of nitrogens with two attached hydrogens (primary N) is 1. The first-order valence-corrected chi connectivity index (χ1v) is 4.09. The Morgan fingerprint density at radius 1 is 1.36 bits per heavy atom. The van der Waals surface area contributed by atoms with E-state index in [0.717, 1.165) is 6.07 Å². The van der Waals surface area contributed by atoms with Gasteiger partial charge < -0.3 is 10.2 Å². The maximum Gasteiger partial charge on any atom is 0.193 e. The molecule has 0 spiro atoms. The molecule has 0 amide bonds. The molecular formula is C10H8FNO2. The van der Waals surface area contributed by atoms with Crippen molar-refractivity contribution in [3.63, 3.8) is 0 Å². The van der Waals surface area contributed by atoms with Gasteiger partial charge in [0.25, 0.3) is 0 Å². The first kappa shape index (κ1) is 8.74. The largest absolute Gasteiger partial charge is 0.458 e. The fourth-order valence-corrected chi connectivity index (χ4v) is 1.29. The maximum atomic E-state index is 12.3. The second kappa shape index (κ2) is 3.14. The zero-order valence-corrected chi connectivity index (χ0v) is 7.29. The fourth-order valence-electron chi connectivity index (χ4n) is 1.29. The van der Waals surface area contributed by atoms with Gasteiger partial charge in [-0.1, -0.05) is 0 Å². The van der Waals surface area contributed by atoms with Crippen LogP contribution in [0.2, 0.25) is 0 Å². The van der Waals surface area contributed by atoms with Gasteiger partial charge in [0.15, 0.2) is 5.43 Å². The van der Waals surface area contributed by atoms with E-state index in [4.69, 9.17) is 10.2 Å². The number of benzene rings is 1. The number of halogens is 1. The molecule has 3 nitrogen and oxygen atoms in total. The minimum atomic E-state index is -0.792. The SMILES string of the molecule is Nc1ccc2c(=O)cc(CF)oc2c1. The van der Waals surface area contributed by atoms with E-state index in [-0.39, 0.29) is 11.2 Å². The molecule has 0 fully saturated rings. The van der Waals surface area contributed by atoms with Crippen molar-refractivity contribution in [1.29, 1.82) is 0 Å². The van der Waals surface area contributed by atoms with Crippen LogP contribution in [0.4, 0.5) is 10.1 Å². The lowest BCUT2D eigenvalue weighted by Crippen LogP contribution is -2.01. The molecule has 0 unspecified atom stereocenters. The van der Waals surface area contributed by atoms with Crippen molar-refractivity contribution in [2.75, 3.05) is 5.73 Å². The van der Waals surface area contributed by atoms with Crippen LogP contribution in [0.15, 0.2) is 33.5 Å². The average molecular weight is 193 g/mol. The van der Waals surface area contributed by atoms with Crippen LogP contribution in [0.3, 0.4) is 0 Å². The van der Waals surface area contributed by atoms with E-state index in [1.165, 1.54) is 6.07 Å². The molecule has 0 aliphatic rings. The quantitative estimate of drug-likeness (QED) is 0.703. The van der Waals surface area contributed by atoms with Crippen molar-refractivity contribution in [3.8, 4) is 0 Å². The second-order valence-electron chi connectivity index (χ2n) is 2.97. The number of rotatable bonds is 1. The van der Waals surface area contributed by atoms with Gasteiger partial charge >= 0.3 is 0 Å². The van der Waals surface area contributed by atoms with Crippen LogP contribution >= 0.6 is 0 Å². The lowest BCUT2D eigenvalue weighted by Gasteiger charge is -1.99. The number of fused-ring (bicyclic) bond motifs is 1. The van der Waals surface area contributed by atoms with Crippen LogP contribution in [-0.4, -0.2) is 0 Å². The van der Waals surface area contributed by atoms with E-state index < -0.39 is 6.67 Å². The zero-order chi connectivity index (χ0) is 10.1. The van der Waals surface area contributed by atoms with Crippen molar-refractivity contribution in [3.05, 3.63) is 40.2 Å². The number of hydrogen-bond acceptors (Lipinski definition) is 3. The van der Waals surface area contributed by atoms with Crippen molar-refractivity contribution in [1.82, 2.24) is 0 Å². The second-order valence-corrected chi connectivity index (χ2v) is 2.97. The first-order chi connectivity index (χ1) is 6.70. The minimum absolute atomic E-state index is 0.0214. The standard InChI is InChI=1S/C10H8FNO2/c11-5-7-4-9(13)8-2-1-6(12)3-10(8)14-7/h1-4H,5,12H2. The van der Waals surface area contributed by atoms with E-state index >= 15 is 0 Å². The molecule has 2 N–H and O–H groups in total. The van der Waals surface area contributed by atoms with Gasteiger partial charge in [-0.2, -0.15) is 0 Å². The normalized spacial score (nSPS) is 10.6. The first-order valence-electron chi connectivity index (χ1n) is 4.09. The van der Waals surface area contributed by atoms with E-state index in [2.05, 4.69) is 0 Å². The maximum absolute atomic E-state index is 12.3.